The lowest BCUT2D eigenvalue weighted by Crippen LogP contribution is -1.98. The third-order valence-electron chi connectivity index (χ3n) is 2.36. The van der Waals surface area contributed by atoms with Gasteiger partial charge >= 0.3 is 5.97 Å². The average molecular weight is 318 g/mol. The molecular weight excluding hydrogens is 310 g/mol. The van der Waals surface area contributed by atoms with Crippen molar-refractivity contribution in [3.05, 3.63) is 52.3 Å². The number of carbonyl (C=O) groups is 1. The van der Waals surface area contributed by atoms with E-state index in [9.17, 15) is 4.79 Å². The molecule has 2 rings (SSSR count). The third kappa shape index (κ3) is 3.09. The van der Waals surface area contributed by atoms with Gasteiger partial charge in [0.25, 0.3) is 0 Å². The Labute approximate surface area is 117 Å². The Balaban J connectivity index is 2.43. The second kappa shape index (κ2) is 5.50. The fourth-order valence-corrected chi connectivity index (χ4v) is 1.83. The highest BCUT2D eigenvalue weighted by Gasteiger charge is 2.06. The minimum atomic E-state index is -1.03. The number of carboxylic acids is 1. The molecule has 1 aromatic carbocycles. The van der Waals surface area contributed by atoms with Gasteiger partial charge in [-0.15, -0.1) is 0 Å². The Kier molecular flexibility index (Phi) is 3.78. The minimum Gasteiger partial charge on any atom is -0.478 e. The average Bonchev–Trinajstić information content (AvgIpc) is 2.82. The van der Waals surface area contributed by atoms with E-state index in [1.807, 2.05) is 0 Å². The summed E-state index contributed by atoms with van der Waals surface area (Å²) >= 11 is 3.29. The van der Waals surface area contributed by atoms with Crippen molar-refractivity contribution in [2.75, 3.05) is 0 Å². The van der Waals surface area contributed by atoms with Crippen LogP contribution in [0.3, 0.4) is 0 Å². The summed E-state index contributed by atoms with van der Waals surface area (Å²) in [5.74, 6) is -1.03. The molecule has 0 aliphatic heterocycles. The fraction of sp³-hybridized carbons (Fsp3) is 0. The molecule has 0 aliphatic rings. The largest absolute Gasteiger partial charge is 0.478 e. The first kappa shape index (κ1) is 13.1. The van der Waals surface area contributed by atoms with Crippen LogP contribution in [0, 0.1) is 11.3 Å². The lowest BCUT2D eigenvalue weighted by molar-refractivity contribution is -0.131. The smallest absolute Gasteiger partial charge is 0.328 e. The Hall–Kier alpha value is -2.39. The number of hydrogen-bond acceptors (Lipinski definition) is 3. The van der Waals surface area contributed by atoms with Crippen LogP contribution >= 0.6 is 15.9 Å². The highest BCUT2D eigenvalue weighted by Crippen LogP contribution is 2.18. The summed E-state index contributed by atoms with van der Waals surface area (Å²) in [6.07, 6.45) is 5.83. The van der Waals surface area contributed by atoms with Crippen molar-refractivity contribution in [1.29, 1.82) is 5.26 Å². The van der Waals surface area contributed by atoms with Crippen molar-refractivity contribution < 1.29 is 9.90 Å². The zero-order valence-corrected chi connectivity index (χ0v) is 11.2. The Morgan fingerprint density at radius 1 is 1.53 bits per heavy atom. The highest BCUT2D eigenvalue weighted by atomic mass is 79.9. The number of nitriles is 1. The normalized spacial score (nSPS) is 10.5. The summed E-state index contributed by atoms with van der Waals surface area (Å²) in [6, 6.07) is 7.14. The molecule has 0 atom stereocenters. The van der Waals surface area contributed by atoms with Gasteiger partial charge in [-0.25, -0.2) is 9.48 Å². The van der Waals surface area contributed by atoms with Crippen LogP contribution in [0.1, 0.15) is 11.1 Å². The summed E-state index contributed by atoms with van der Waals surface area (Å²) in [5, 5.41) is 21.8. The lowest BCUT2D eigenvalue weighted by Gasteiger charge is -2.04. The zero-order valence-electron chi connectivity index (χ0n) is 9.62. The van der Waals surface area contributed by atoms with E-state index in [0.29, 0.717) is 16.8 Å². The van der Waals surface area contributed by atoms with Crippen molar-refractivity contribution in [2.24, 2.45) is 0 Å². The number of carboxylic acid groups (broad SMARTS) is 1. The number of aliphatic carboxylic acids is 1. The van der Waals surface area contributed by atoms with Gasteiger partial charge < -0.3 is 5.11 Å². The van der Waals surface area contributed by atoms with Gasteiger partial charge in [0.2, 0.25) is 0 Å². The molecule has 0 saturated carbocycles. The van der Waals surface area contributed by atoms with Crippen LogP contribution in [0.2, 0.25) is 0 Å². The van der Waals surface area contributed by atoms with E-state index >= 15 is 0 Å². The Morgan fingerprint density at radius 2 is 2.32 bits per heavy atom. The first-order chi connectivity index (χ1) is 9.10. The molecule has 2 aromatic rings. The molecule has 19 heavy (non-hydrogen) atoms. The molecule has 0 saturated heterocycles. The monoisotopic (exact) mass is 317 g/mol. The van der Waals surface area contributed by atoms with E-state index in [2.05, 4.69) is 27.1 Å². The second-order valence-corrected chi connectivity index (χ2v) is 4.58. The van der Waals surface area contributed by atoms with E-state index in [1.54, 1.807) is 35.3 Å². The molecule has 1 aromatic heterocycles. The topological polar surface area (TPSA) is 78.9 Å². The van der Waals surface area contributed by atoms with E-state index in [0.717, 1.165) is 10.5 Å². The molecule has 0 radical (unpaired) electrons. The van der Waals surface area contributed by atoms with Crippen LogP contribution in [-0.4, -0.2) is 20.9 Å². The number of aromatic nitrogens is 2. The molecule has 94 valence electrons. The summed E-state index contributed by atoms with van der Waals surface area (Å²) in [5.41, 5.74) is 1.71. The van der Waals surface area contributed by atoms with E-state index < -0.39 is 5.97 Å². The predicted molar refractivity (Wildman–Crippen MR) is 72.6 cm³/mol. The SMILES string of the molecule is N#Cc1cc(/C=C/C(=O)O)ccc1-n1cc(Br)cn1. The molecule has 0 spiro atoms. The predicted octanol–water partition coefficient (Wildman–Crippen LogP) is 2.60. The quantitative estimate of drug-likeness (QED) is 0.882. The first-order valence-corrected chi connectivity index (χ1v) is 6.05. The summed E-state index contributed by atoms with van der Waals surface area (Å²) in [7, 11) is 0. The van der Waals surface area contributed by atoms with Crippen molar-refractivity contribution in [3.63, 3.8) is 0 Å². The molecule has 0 unspecified atom stereocenters. The van der Waals surface area contributed by atoms with Gasteiger partial charge in [-0.05, 0) is 39.7 Å². The molecule has 0 fully saturated rings. The van der Waals surface area contributed by atoms with Gasteiger partial charge in [-0.1, -0.05) is 6.07 Å². The summed E-state index contributed by atoms with van der Waals surface area (Å²) < 4.78 is 2.39. The summed E-state index contributed by atoms with van der Waals surface area (Å²) in [4.78, 5) is 10.4. The van der Waals surface area contributed by atoms with Gasteiger partial charge in [0.1, 0.15) is 6.07 Å². The number of rotatable bonds is 3. The van der Waals surface area contributed by atoms with Crippen molar-refractivity contribution in [1.82, 2.24) is 9.78 Å². The van der Waals surface area contributed by atoms with E-state index in [1.165, 1.54) is 6.08 Å². The maximum absolute atomic E-state index is 10.4. The Morgan fingerprint density at radius 3 is 2.89 bits per heavy atom. The molecule has 1 N–H and O–H groups in total. The molecule has 0 bridgehead atoms. The number of nitrogens with zero attached hydrogens (tertiary/aromatic N) is 3. The van der Waals surface area contributed by atoms with Crippen molar-refractivity contribution >= 4 is 28.0 Å². The fourth-order valence-electron chi connectivity index (χ4n) is 1.55. The van der Waals surface area contributed by atoms with Crippen LogP contribution in [0.15, 0.2) is 41.1 Å². The third-order valence-corrected chi connectivity index (χ3v) is 2.77. The standard InChI is InChI=1S/C13H8BrN3O2/c14-11-7-16-17(8-11)12-3-1-9(2-4-13(18)19)5-10(12)6-15/h1-5,7-8H,(H,18,19)/b4-2+. The molecule has 0 aliphatic carbocycles. The first-order valence-electron chi connectivity index (χ1n) is 5.26. The van der Waals surface area contributed by atoms with E-state index in [-0.39, 0.29) is 0 Å². The molecule has 6 heteroatoms. The number of benzene rings is 1. The minimum absolute atomic E-state index is 0.420. The number of hydrogen-bond donors (Lipinski definition) is 1. The van der Waals surface area contributed by atoms with E-state index in [4.69, 9.17) is 10.4 Å². The highest BCUT2D eigenvalue weighted by molar-refractivity contribution is 9.10. The lowest BCUT2D eigenvalue weighted by atomic mass is 10.1. The van der Waals surface area contributed by atoms with Crippen molar-refractivity contribution in [3.8, 4) is 11.8 Å². The second-order valence-electron chi connectivity index (χ2n) is 3.66. The summed E-state index contributed by atoms with van der Waals surface area (Å²) in [6.45, 7) is 0. The van der Waals surface area contributed by atoms with Gasteiger partial charge in [-0.2, -0.15) is 10.4 Å². The van der Waals surface area contributed by atoms with Gasteiger partial charge in [-0.3, -0.25) is 0 Å². The van der Waals surface area contributed by atoms with Gasteiger partial charge in [0.15, 0.2) is 0 Å². The number of halogens is 1. The van der Waals surface area contributed by atoms with Gasteiger partial charge in [0, 0.05) is 12.3 Å². The maximum atomic E-state index is 10.4. The van der Waals surface area contributed by atoms with Crippen LogP contribution in [0.25, 0.3) is 11.8 Å². The van der Waals surface area contributed by atoms with Crippen LogP contribution in [0.5, 0.6) is 0 Å². The maximum Gasteiger partial charge on any atom is 0.328 e. The van der Waals surface area contributed by atoms with Crippen LogP contribution in [0.4, 0.5) is 0 Å². The molecule has 0 amide bonds. The van der Waals surface area contributed by atoms with Crippen LogP contribution in [-0.2, 0) is 4.79 Å². The Bertz CT molecular complexity index is 698. The molecule has 1 heterocycles. The molecule has 5 nitrogen and oxygen atoms in total. The van der Waals surface area contributed by atoms with Crippen molar-refractivity contribution in [2.45, 2.75) is 0 Å². The van der Waals surface area contributed by atoms with Crippen LogP contribution < -0.4 is 0 Å². The zero-order chi connectivity index (χ0) is 13.8. The van der Waals surface area contributed by atoms with Gasteiger partial charge in [0.05, 0.1) is 21.9 Å². The molecular formula is C13H8BrN3O2.